The molecule has 0 unspecified atom stereocenters. The average Bonchev–Trinajstić information content (AvgIpc) is 3.34. The van der Waals surface area contributed by atoms with Crippen LogP contribution in [0.1, 0.15) is 29.6 Å². The molecule has 138 valence electrons. The van der Waals surface area contributed by atoms with Gasteiger partial charge in [-0.15, -0.1) is 0 Å². The lowest BCUT2D eigenvalue weighted by Gasteiger charge is -2.40. The fourth-order valence-corrected chi connectivity index (χ4v) is 4.77. The van der Waals surface area contributed by atoms with E-state index in [0.717, 1.165) is 49.2 Å². The van der Waals surface area contributed by atoms with Crippen LogP contribution < -0.4 is 4.90 Å². The summed E-state index contributed by atoms with van der Waals surface area (Å²) in [6.45, 7) is 1.69. The van der Waals surface area contributed by atoms with Crippen molar-refractivity contribution in [1.82, 2.24) is 19.9 Å². The lowest BCUT2D eigenvalue weighted by molar-refractivity contribution is 0.0608. The van der Waals surface area contributed by atoms with Crippen LogP contribution >= 0.6 is 11.6 Å². The number of carbonyl (C=O) groups excluding carboxylic acids is 1. The molecule has 0 bridgehead atoms. The Morgan fingerprint density at radius 1 is 1.15 bits per heavy atom. The second-order valence-electron chi connectivity index (χ2n) is 7.21. The number of hydrogen-bond donors (Lipinski definition) is 1. The topological polar surface area (TPSA) is 65.1 Å². The fourth-order valence-electron chi connectivity index (χ4n) is 4.58. The van der Waals surface area contributed by atoms with Gasteiger partial charge in [0.1, 0.15) is 17.8 Å². The van der Waals surface area contributed by atoms with Gasteiger partial charge < -0.3 is 14.8 Å². The zero-order valence-electron chi connectivity index (χ0n) is 14.8. The predicted molar refractivity (Wildman–Crippen MR) is 105 cm³/mol. The van der Waals surface area contributed by atoms with Gasteiger partial charge in [0, 0.05) is 29.9 Å². The Kier molecular flexibility index (Phi) is 4.01. The molecule has 2 aliphatic rings. The first-order valence-corrected chi connectivity index (χ1v) is 9.71. The van der Waals surface area contributed by atoms with E-state index in [1.165, 1.54) is 0 Å². The van der Waals surface area contributed by atoms with Gasteiger partial charge in [0.15, 0.2) is 0 Å². The molecule has 4 heterocycles. The van der Waals surface area contributed by atoms with Crippen LogP contribution in [0.3, 0.4) is 0 Å². The molecule has 2 saturated heterocycles. The van der Waals surface area contributed by atoms with Crippen LogP contribution in [0.5, 0.6) is 0 Å². The highest BCUT2D eigenvalue weighted by molar-refractivity contribution is 6.30. The number of aromatic amines is 1. The number of nitrogens with zero attached hydrogens (tertiary/aromatic N) is 4. The van der Waals surface area contributed by atoms with Crippen LogP contribution in [-0.2, 0) is 0 Å². The Labute approximate surface area is 162 Å². The summed E-state index contributed by atoms with van der Waals surface area (Å²) >= 11 is 6.09. The molecule has 2 aliphatic heterocycles. The third kappa shape index (κ3) is 2.75. The summed E-state index contributed by atoms with van der Waals surface area (Å²) in [7, 11) is 0. The van der Waals surface area contributed by atoms with Crippen LogP contribution in [0.4, 0.5) is 5.82 Å². The molecule has 6 nitrogen and oxygen atoms in total. The Morgan fingerprint density at radius 3 is 2.96 bits per heavy atom. The lowest BCUT2D eigenvalue weighted by Crippen LogP contribution is -2.52. The molecule has 7 heteroatoms. The van der Waals surface area contributed by atoms with E-state index < -0.39 is 0 Å². The standard InChI is InChI=1S/C20H20ClN5O/c21-14-4-1-3-13(11-14)20(27)26-9-2-5-16-17(26)7-10-25(16)19-15-6-8-22-18(15)23-12-24-19/h1,3-4,6,8,11-12,16-17H,2,5,7,9-10H2,(H,22,23,24)/t16-,17-/m1/s1. The van der Waals surface area contributed by atoms with Gasteiger partial charge in [-0.2, -0.15) is 0 Å². The highest BCUT2D eigenvalue weighted by atomic mass is 35.5. The lowest BCUT2D eigenvalue weighted by atomic mass is 9.95. The van der Waals surface area contributed by atoms with Gasteiger partial charge >= 0.3 is 0 Å². The van der Waals surface area contributed by atoms with E-state index in [1.54, 1.807) is 18.5 Å². The number of likely N-dealkylation sites (tertiary alicyclic amines) is 1. The number of aromatic nitrogens is 3. The number of halogens is 1. The van der Waals surface area contributed by atoms with Crippen molar-refractivity contribution in [3.63, 3.8) is 0 Å². The van der Waals surface area contributed by atoms with Gasteiger partial charge in [0.05, 0.1) is 17.5 Å². The van der Waals surface area contributed by atoms with E-state index >= 15 is 0 Å². The first-order valence-electron chi connectivity index (χ1n) is 9.33. The van der Waals surface area contributed by atoms with Crippen LogP contribution in [-0.4, -0.2) is 50.9 Å². The smallest absolute Gasteiger partial charge is 0.254 e. The van der Waals surface area contributed by atoms with Gasteiger partial charge in [-0.25, -0.2) is 9.97 Å². The van der Waals surface area contributed by atoms with E-state index in [4.69, 9.17) is 11.6 Å². The van der Waals surface area contributed by atoms with Crippen molar-refractivity contribution in [2.45, 2.75) is 31.3 Å². The minimum atomic E-state index is 0.0727. The molecular weight excluding hydrogens is 362 g/mol. The Bertz CT molecular complexity index is 1000. The molecule has 5 rings (SSSR count). The molecule has 1 N–H and O–H groups in total. The summed E-state index contributed by atoms with van der Waals surface area (Å²) in [5.74, 6) is 1.04. The van der Waals surface area contributed by atoms with Crippen molar-refractivity contribution in [3.05, 3.63) is 53.4 Å². The van der Waals surface area contributed by atoms with Gasteiger partial charge in [0.2, 0.25) is 0 Å². The third-order valence-electron chi connectivity index (χ3n) is 5.75. The van der Waals surface area contributed by atoms with Crippen LogP contribution in [0.15, 0.2) is 42.9 Å². The van der Waals surface area contributed by atoms with E-state index in [2.05, 4.69) is 19.9 Å². The molecule has 1 amide bonds. The summed E-state index contributed by atoms with van der Waals surface area (Å²) in [6.07, 6.45) is 6.52. The summed E-state index contributed by atoms with van der Waals surface area (Å²) in [5, 5.41) is 1.63. The Morgan fingerprint density at radius 2 is 2.07 bits per heavy atom. The van der Waals surface area contributed by atoms with Crippen molar-refractivity contribution in [2.24, 2.45) is 0 Å². The number of fused-ring (bicyclic) bond motifs is 2. The van der Waals surface area contributed by atoms with Crippen molar-refractivity contribution in [2.75, 3.05) is 18.0 Å². The summed E-state index contributed by atoms with van der Waals surface area (Å²) in [4.78, 5) is 29.5. The number of rotatable bonds is 2. The largest absolute Gasteiger partial charge is 0.351 e. The van der Waals surface area contributed by atoms with Crippen LogP contribution in [0.25, 0.3) is 11.0 Å². The third-order valence-corrected chi connectivity index (χ3v) is 5.98. The van der Waals surface area contributed by atoms with Crippen molar-refractivity contribution in [1.29, 1.82) is 0 Å². The number of amides is 1. The van der Waals surface area contributed by atoms with Gasteiger partial charge in [-0.1, -0.05) is 17.7 Å². The molecule has 2 atom stereocenters. The molecule has 0 saturated carbocycles. The van der Waals surface area contributed by atoms with Gasteiger partial charge in [0.25, 0.3) is 5.91 Å². The number of H-pyrrole nitrogens is 1. The van der Waals surface area contributed by atoms with Gasteiger partial charge in [-0.05, 0) is 43.5 Å². The summed E-state index contributed by atoms with van der Waals surface area (Å²) < 4.78 is 0. The average molecular weight is 382 g/mol. The zero-order chi connectivity index (χ0) is 18.4. The number of hydrogen-bond acceptors (Lipinski definition) is 4. The Balaban J connectivity index is 1.45. The fraction of sp³-hybridized carbons (Fsp3) is 0.350. The number of piperidine rings is 1. The molecular formula is C20H20ClN5O. The van der Waals surface area contributed by atoms with Crippen LogP contribution in [0.2, 0.25) is 5.02 Å². The first-order chi connectivity index (χ1) is 13.2. The molecule has 2 aromatic heterocycles. The SMILES string of the molecule is O=C(c1cccc(Cl)c1)N1CCC[C@@H]2[C@H]1CCN2c1ncnc2[nH]ccc12. The molecule has 3 aromatic rings. The summed E-state index contributed by atoms with van der Waals surface area (Å²) in [6, 6.07) is 9.75. The highest BCUT2D eigenvalue weighted by Crippen LogP contribution is 2.36. The van der Waals surface area contributed by atoms with E-state index in [-0.39, 0.29) is 18.0 Å². The van der Waals surface area contributed by atoms with Crippen molar-refractivity contribution in [3.8, 4) is 0 Å². The molecule has 1 aromatic carbocycles. The molecule has 0 spiro atoms. The molecule has 2 fully saturated rings. The second kappa shape index (κ2) is 6.53. The maximum atomic E-state index is 13.1. The van der Waals surface area contributed by atoms with E-state index in [1.807, 2.05) is 29.3 Å². The van der Waals surface area contributed by atoms with Crippen LogP contribution in [0, 0.1) is 0 Å². The zero-order valence-corrected chi connectivity index (χ0v) is 15.6. The number of nitrogens with one attached hydrogen (secondary N) is 1. The number of carbonyl (C=O) groups is 1. The molecule has 27 heavy (non-hydrogen) atoms. The Hall–Kier alpha value is -2.60. The first kappa shape index (κ1) is 16.6. The molecule has 0 radical (unpaired) electrons. The van der Waals surface area contributed by atoms with Crippen molar-refractivity contribution < 1.29 is 4.79 Å². The van der Waals surface area contributed by atoms with Crippen molar-refractivity contribution >= 4 is 34.4 Å². The quantitative estimate of drug-likeness (QED) is 0.737. The highest BCUT2D eigenvalue weighted by Gasteiger charge is 2.43. The number of anilines is 1. The van der Waals surface area contributed by atoms with E-state index in [0.29, 0.717) is 10.6 Å². The second-order valence-corrected chi connectivity index (χ2v) is 7.64. The normalized spacial score (nSPS) is 22.3. The minimum absolute atomic E-state index is 0.0727. The predicted octanol–water partition coefficient (Wildman–Crippen LogP) is 3.49. The number of benzene rings is 1. The maximum absolute atomic E-state index is 13.1. The summed E-state index contributed by atoms with van der Waals surface area (Å²) in [5.41, 5.74) is 1.52. The monoisotopic (exact) mass is 381 g/mol. The molecule has 0 aliphatic carbocycles. The minimum Gasteiger partial charge on any atom is -0.351 e. The maximum Gasteiger partial charge on any atom is 0.254 e. The van der Waals surface area contributed by atoms with Gasteiger partial charge in [-0.3, -0.25) is 4.79 Å². The van der Waals surface area contributed by atoms with E-state index in [9.17, 15) is 4.79 Å².